The zero-order valence-electron chi connectivity index (χ0n) is 14.2. The van der Waals surface area contributed by atoms with Crippen molar-refractivity contribution in [2.45, 2.75) is 17.7 Å². The molecular weight excluding hydrogens is 820 g/mol. The molecule has 0 radical (unpaired) electrons. The van der Waals surface area contributed by atoms with Crippen LogP contribution in [0.5, 0.6) is 0 Å². The summed E-state index contributed by atoms with van der Waals surface area (Å²) in [6, 6.07) is 9.87. The number of alkyl halides is 4. The number of hydrogen-bond acceptors (Lipinski definition) is 4. The molecule has 0 aromatic heterocycles. The van der Waals surface area contributed by atoms with Gasteiger partial charge in [0, 0.05) is 11.1 Å². The molecule has 0 N–H and O–H groups in total. The highest BCUT2D eigenvalue weighted by Gasteiger charge is 2.36. The van der Waals surface area contributed by atoms with Crippen molar-refractivity contribution in [1.82, 2.24) is 0 Å². The highest BCUT2D eigenvalue weighted by molar-refractivity contribution is 14.2. The second-order valence-corrected chi connectivity index (χ2v) is 17.4. The van der Waals surface area contributed by atoms with Crippen LogP contribution < -0.4 is 0 Å². The fraction of sp³-hybridized carbons (Fsp3) is 0.222. The zero-order chi connectivity index (χ0) is 20.5. The van der Waals surface area contributed by atoms with Gasteiger partial charge in [-0.2, -0.15) is 0 Å². The van der Waals surface area contributed by atoms with Crippen LogP contribution in [0.3, 0.4) is 0 Å². The van der Waals surface area contributed by atoms with Gasteiger partial charge >= 0.3 is 0 Å². The standard InChI is InChI=1S/C18H14I4O4S/c1-9-3-5-11(13(7-9)15(19)20)17(23)27(25,26)18(24)12-6-4-10(2)8-14(12)16(21)22/h3-8,15-16H,1-2H3. The number of halogens is 4. The van der Waals surface area contributed by atoms with E-state index >= 15 is 0 Å². The van der Waals surface area contributed by atoms with Gasteiger partial charge in [-0.05, 0) is 37.1 Å². The van der Waals surface area contributed by atoms with Gasteiger partial charge in [0.05, 0.1) is 3.86 Å². The van der Waals surface area contributed by atoms with Crippen LogP contribution in [-0.2, 0) is 9.84 Å². The van der Waals surface area contributed by atoms with Gasteiger partial charge in [-0.3, -0.25) is 9.59 Å². The molecule has 27 heavy (non-hydrogen) atoms. The van der Waals surface area contributed by atoms with Crippen molar-refractivity contribution in [3.05, 3.63) is 69.8 Å². The monoisotopic (exact) mass is 834 g/mol. The van der Waals surface area contributed by atoms with E-state index in [1.165, 1.54) is 12.1 Å². The molecule has 9 heteroatoms. The summed E-state index contributed by atoms with van der Waals surface area (Å²) in [7, 11) is -4.67. The van der Waals surface area contributed by atoms with E-state index in [1.54, 1.807) is 24.3 Å². The van der Waals surface area contributed by atoms with Crippen molar-refractivity contribution in [1.29, 1.82) is 0 Å². The number of carbonyl (C=O) groups excluding carboxylic acids is 2. The summed E-state index contributed by atoms with van der Waals surface area (Å²) in [6.07, 6.45) is 0. The maximum Gasteiger partial charge on any atom is 0.285 e. The third-order valence-corrected chi connectivity index (χ3v) is 7.91. The normalized spacial score (nSPS) is 11.9. The number of rotatable bonds is 4. The van der Waals surface area contributed by atoms with Gasteiger partial charge in [0.25, 0.3) is 20.1 Å². The SMILES string of the molecule is Cc1ccc(C(=O)S(=O)(=O)C(=O)c2ccc(C)cc2C(I)I)c(C(I)I)c1. The molecule has 0 aliphatic carbocycles. The molecule has 0 unspecified atom stereocenters. The molecule has 0 atom stereocenters. The van der Waals surface area contributed by atoms with Crippen LogP contribution in [0.4, 0.5) is 0 Å². The Morgan fingerprint density at radius 3 is 1.37 bits per heavy atom. The number of hydrogen-bond donors (Lipinski definition) is 0. The Kier molecular flexibility index (Phi) is 8.54. The van der Waals surface area contributed by atoms with Crippen molar-refractivity contribution in [3.8, 4) is 0 Å². The molecule has 0 fully saturated rings. The first-order chi connectivity index (χ1) is 12.5. The molecule has 4 nitrogen and oxygen atoms in total. The summed E-state index contributed by atoms with van der Waals surface area (Å²) < 4.78 is 25.5. The molecule has 2 aromatic rings. The molecule has 2 rings (SSSR count). The van der Waals surface area contributed by atoms with Gasteiger partial charge in [0.2, 0.25) is 0 Å². The van der Waals surface area contributed by atoms with Crippen LogP contribution in [0.1, 0.15) is 46.8 Å². The number of benzene rings is 2. The van der Waals surface area contributed by atoms with Crippen molar-refractivity contribution >= 4 is 110 Å². The first-order valence-corrected chi connectivity index (χ1v) is 14.0. The molecule has 0 bridgehead atoms. The molecule has 144 valence electrons. The number of carbonyl (C=O) groups is 2. The Balaban J connectivity index is 2.57. The van der Waals surface area contributed by atoms with Crippen molar-refractivity contribution in [2.75, 3.05) is 0 Å². The van der Waals surface area contributed by atoms with Crippen molar-refractivity contribution in [2.24, 2.45) is 0 Å². The van der Waals surface area contributed by atoms with E-state index in [2.05, 4.69) is 90.4 Å². The van der Waals surface area contributed by atoms with E-state index in [0.717, 1.165) is 11.1 Å². The summed E-state index contributed by atoms with van der Waals surface area (Å²) in [5, 5.41) is -2.29. The van der Waals surface area contributed by atoms with E-state index in [9.17, 15) is 18.0 Å². The fourth-order valence-electron chi connectivity index (χ4n) is 2.47. The predicted octanol–water partition coefficient (Wildman–Crippen LogP) is 6.44. The highest BCUT2D eigenvalue weighted by atomic mass is 127. The first kappa shape index (κ1) is 23.9. The Bertz CT molecular complexity index is 939. The summed E-state index contributed by atoms with van der Waals surface area (Å²) in [4.78, 5) is 25.7. The molecular formula is C18H14I4O4S. The van der Waals surface area contributed by atoms with Gasteiger partial charge in [0.15, 0.2) is 0 Å². The summed E-state index contributed by atoms with van der Waals surface area (Å²) in [5.41, 5.74) is 3.14. The number of aryl methyl sites for hydroxylation is 2. The molecule has 0 heterocycles. The molecule has 0 aliphatic rings. The second kappa shape index (κ2) is 9.64. The lowest BCUT2D eigenvalue weighted by atomic mass is 10.1. The topological polar surface area (TPSA) is 68.3 Å². The lowest BCUT2D eigenvalue weighted by Crippen LogP contribution is -2.26. The quantitative estimate of drug-likeness (QED) is 0.263. The molecule has 0 saturated carbocycles. The predicted molar refractivity (Wildman–Crippen MR) is 142 cm³/mol. The van der Waals surface area contributed by atoms with E-state index in [1.807, 2.05) is 13.8 Å². The van der Waals surface area contributed by atoms with E-state index in [4.69, 9.17) is 0 Å². The summed E-state index contributed by atoms with van der Waals surface area (Å²) >= 11 is 8.45. The Labute approximate surface area is 213 Å². The van der Waals surface area contributed by atoms with Gasteiger partial charge in [-0.25, -0.2) is 8.42 Å². The molecule has 0 saturated heterocycles. The lowest BCUT2D eigenvalue weighted by Gasteiger charge is -2.13. The third kappa shape index (κ3) is 5.42. The smallest absolute Gasteiger partial charge is 0.275 e. The van der Waals surface area contributed by atoms with Crippen LogP contribution in [0.2, 0.25) is 0 Å². The minimum absolute atomic E-state index is 0.0527. The molecule has 0 amide bonds. The van der Waals surface area contributed by atoms with Gasteiger partial charge in [-0.1, -0.05) is 126 Å². The fourth-order valence-corrected chi connectivity index (χ4v) is 5.65. The Hall–Kier alpha value is 0.650. The van der Waals surface area contributed by atoms with Crippen LogP contribution in [0.25, 0.3) is 0 Å². The van der Waals surface area contributed by atoms with Gasteiger partial charge in [-0.15, -0.1) is 0 Å². The van der Waals surface area contributed by atoms with Gasteiger partial charge < -0.3 is 0 Å². The minimum atomic E-state index is -4.67. The van der Waals surface area contributed by atoms with Crippen LogP contribution in [0.15, 0.2) is 36.4 Å². The van der Waals surface area contributed by atoms with E-state index < -0.39 is 20.1 Å². The molecule has 2 aromatic carbocycles. The maximum atomic E-state index is 12.8. The largest absolute Gasteiger partial charge is 0.285 e. The van der Waals surface area contributed by atoms with E-state index in [-0.39, 0.29) is 15.0 Å². The van der Waals surface area contributed by atoms with Crippen molar-refractivity contribution in [3.63, 3.8) is 0 Å². The second-order valence-electron chi connectivity index (χ2n) is 5.86. The minimum Gasteiger partial charge on any atom is -0.275 e. The van der Waals surface area contributed by atoms with E-state index in [0.29, 0.717) is 11.1 Å². The molecule has 0 spiro atoms. The average Bonchev–Trinajstić information content (AvgIpc) is 2.60. The van der Waals surface area contributed by atoms with Crippen LogP contribution in [-0.4, -0.2) is 18.6 Å². The zero-order valence-corrected chi connectivity index (χ0v) is 23.6. The van der Waals surface area contributed by atoms with Crippen LogP contribution in [0, 0.1) is 13.8 Å². The average molecular weight is 834 g/mol. The van der Waals surface area contributed by atoms with Crippen LogP contribution >= 0.6 is 90.4 Å². The summed E-state index contributed by atoms with van der Waals surface area (Å²) in [5.74, 6) is 0. The lowest BCUT2D eigenvalue weighted by molar-refractivity contribution is 0.104. The molecule has 0 aliphatic heterocycles. The van der Waals surface area contributed by atoms with Crippen molar-refractivity contribution < 1.29 is 18.0 Å². The maximum absolute atomic E-state index is 12.8. The first-order valence-electron chi connectivity index (χ1n) is 7.58. The number of sulfone groups is 1. The summed E-state index contributed by atoms with van der Waals surface area (Å²) in [6.45, 7) is 3.74. The van der Waals surface area contributed by atoms with Gasteiger partial charge in [0.1, 0.15) is 0 Å². The Morgan fingerprint density at radius 2 is 1.07 bits per heavy atom. The third-order valence-electron chi connectivity index (χ3n) is 3.81. The highest BCUT2D eigenvalue weighted by Crippen LogP contribution is 2.36. The Morgan fingerprint density at radius 1 is 0.741 bits per heavy atom.